The Bertz CT molecular complexity index is 705. The minimum absolute atomic E-state index is 1.06. The van der Waals surface area contributed by atoms with Gasteiger partial charge in [-0.2, -0.15) is 0 Å². The molecule has 3 rings (SSSR count). The Morgan fingerprint density at radius 2 is 1.72 bits per heavy atom. The first-order chi connectivity index (χ1) is 8.75. The second-order valence-electron chi connectivity index (χ2n) is 4.31. The van der Waals surface area contributed by atoms with Gasteiger partial charge in [0.05, 0.1) is 0 Å². The monoisotopic (exact) mass is 297 g/mol. The molecule has 2 aromatic carbocycles. The van der Waals surface area contributed by atoms with Gasteiger partial charge in [-0.15, -0.1) is 0 Å². The Hall–Kier alpha value is -1.67. The molecule has 0 atom stereocenters. The molecule has 1 nitrogen and oxygen atoms in total. The normalized spacial score (nSPS) is 10.8. The molecule has 18 heavy (non-hydrogen) atoms. The first-order valence-electron chi connectivity index (χ1n) is 5.86. The van der Waals surface area contributed by atoms with Crippen LogP contribution in [0.15, 0.2) is 59.2 Å². The van der Waals surface area contributed by atoms with Crippen LogP contribution in [0.1, 0.15) is 5.69 Å². The fourth-order valence-electron chi connectivity index (χ4n) is 2.20. The molecule has 0 spiro atoms. The van der Waals surface area contributed by atoms with Crippen molar-refractivity contribution >= 4 is 26.7 Å². The molecule has 0 aliphatic rings. The summed E-state index contributed by atoms with van der Waals surface area (Å²) in [5.41, 5.74) is 3.45. The maximum Gasteiger partial charge on any atom is 0.0451 e. The van der Waals surface area contributed by atoms with Crippen LogP contribution in [0.25, 0.3) is 21.9 Å². The van der Waals surface area contributed by atoms with E-state index in [1.165, 1.54) is 21.9 Å². The molecule has 0 fully saturated rings. The fourth-order valence-corrected chi connectivity index (χ4v) is 2.56. The van der Waals surface area contributed by atoms with Crippen molar-refractivity contribution in [1.82, 2.24) is 4.98 Å². The van der Waals surface area contributed by atoms with E-state index in [-0.39, 0.29) is 0 Å². The van der Waals surface area contributed by atoms with Gasteiger partial charge in [0.15, 0.2) is 0 Å². The summed E-state index contributed by atoms with van der Waals surface area (Å²) < 4.78 is 1.09. The lowest BCUT2D eigenvalue weighted by molar-refractivity contribution is 1.24. The van der Waals surface area contributed by atoms with E-state index in [4.69, 9.17) is 0 Å². The van der Waals surface area contributed by atoms with Crippen molar-refractivity contribution in [3.8, 4) is 11.1 Å². The number of nitrogens with zero attached hydrogens (tertiary/aromatic N) is 1. The third-order valence-electron chi connectivity index (χ3n) is 3.13. The van der Waals surface area contributed by atoms with Gasteiger partial charge in [0.2, 0.25) is 0 Å². The smallest absolute Gasteiger partial charge is 0.0451 e. The number of aryl methyl sites for hydroxylation is 1. The molecule has 0 radical (unpaired) electrons. The number of pyridine rings is 1. The van der Waals surface area contributed by atoms with Gasteiger partial charge in [-0.25, -0.2) is 0 Å². The van der Waals surface area contributed by atoms with Crippen LogP contribution in [-0.4, -0.2) is 4.98 Å². The Labute approximate surface area is 115 Å². The average molecular weight is 298 g/mol. The Kier molecular flexibility index (Phi) is 2.88. The van der Waals surface area contributed by atoms with Gasteiger partial charge >= 0.3 is 0 Å². The molecule has 0 saturated carbocycles. The van der Waals surface area contributed by atoms with Gasteiger partial charge < -0.3 is 0 Å². The molecule has 0 N–H and O–H groups in total. The Morgan fingerprint density at radius 1 is 0.944 bits per heavy atom. The van der Waals surface area contributed by atoms with Gasteiger partial charge in [-0.1, -0.05) is 52.3 Å². The highest BCUT2D eigenvalue weighted by Gasteiger charge is 2.06. The molecule has 0 saturated heterocycles. The lowest BCUT2D eigenvalue weighted by Crippen LogP contribution is -1.88. The van der Waals surface area contributed by atoms with Crippen molar-refractivity contribution < 1.29 is 0 Å². The van der Waals surface area contributed by atoms with E-state index in [1.807, 2.05) is 19.2 Å². The third-order valence-corrected chi connectivity index (χ3v) is 3.63. The van der Waals surface area contributed by atoms with Crippen molar-refractivity contribution in [1.29, 1.82) is 0 Å². The predicted octanol–water partition coefficient (Wildman–Crippen LogP) is 4.97. The second kappa shape index (κ2) is 4.54. The minimum Gasteiger partial charge on any atom is -0.260 e. The molecule has 1 heterocycles. The zero-order chi connectivity index (χ0) is 12.5. The predicted molar refractivity (Wildman–Crippen MR) is 79.6 cm³/mol. The number of benzene rings is 2. The molecule has 0 amide bonds. The first-order valence-corrected chi connectivity index (χ1v) is 6.65. The molecule has 0 unspecified atom stereocenters. The van der Waals surface area contributed by atoms with E-state index >= 15 is 0 Å². The van der Waals surface area contributed by atoms with E-state index in [0.29, 0.717) is 0 Å². The summed E-state index contributed by atoms with van der Waals surface area (Å²) >= 11 is 3.52. The van der Waals surface area contributed by atoms with Crippen LogP contribution in [-0.2, 0) is 0 Å². The van der Waals surface area contributed by atoms with Gasteiger partial charge in [0, 0.05) is 27.3 Å². The van der Waals surface area contributed by atoms with E-state index in [9.17, 15) is 0 Å². The topological polar surface area (TPSA) is 12.9 Å². The van der Waals surface area contributed by atoms with Gasteiger partial charge in [0.1, 0.15) is 0 Å². The number of aromatic nitrogens is 1. The average Bonchev–Trinajstić information content (AvgIpc) is 2.41. The minimum atomic E-state index is 1.06. The van der Waals surface area contributed by atoms with Crippen molar-refractivity contribution in [2.24, 2.45) is 0 Å². The molecular weight excluding hydrogens is 286 g/mol. The number of hydrogen-bond acceptors (Lipinski definition) is 1. The third kappa shape index (κ3) is 1.93. The molecule has 88 valence electrons. The van der Waals surface area contributed by atoms with E-state index in [1.54, 1.807) is 0 Å². The van der Waals surface area contributed by atoms with E-state index in [0.717, 1.165) is 10.2 Å². The fraction of sp³-hybridized carbons (Fsp3) is 0.0625. The van der Waals surface area contributed by atoms with Crippen molar-refractivity contribution in [2.45, 2.75) is 6.92 Å². The van der Waals surface area contributed by atoms with Gasteiger partial charge in [0.25, 0.3) is 0 Å². The molecule has 2 heteroatoms. The van der Waals surface area contributed by atoms with Crippen LogP contribution in [0.2, 0.25) is 0 Å². The maximum atomic E-state index is 4.50. The highest BCUT2D eigenvalue weighted by Crippen LogP contribution is 2.30. The van der Waals surface area contributed by atoms with Crippen LogP contribution in [0.5, 0.6) is 0 Å². The Balaban J connectivity index is 2.35. The quantitative estimate of drug-likeness (QED) is 0.618. The molecule has 1 aromatic heterocycles. The molecular formula is C16H12BrN. The van der Waals surface area contributed by atoms with Crippen molar-refractivity contribution in [2.75, 3.05) is 0 Å². The summed E-state index contributed by atoms with van der Waals surface area (Å²) in [5.74, 6) is 0. The van der Waals surface area contributed by atoms with Crippen LogP contribution in [0, 0.1) is 6.92 Å². The number of halogens is 1. The second-order valence-corrected chi connectivity index (χ2v) is 5.23. The maximum absolute atomic E-state index is 4.50. The summed E-state index contributed by atoms with van der Waals surface area (Å²) in [6.45, 7) is 2.05. The molecule has 3 aromatic rings. The highest BCUT2D eigenvalue weighted by molar-refractivity contribution is 9.10. The molecule has 0 bridgehead atoms. The number of hydrogen-bond donors (Lipinski definition) is 0. The standard InChI is InChI=1S/C16H12BrN/c1-11-15-9-13(17)7-8-14(15)16(10-18-11)12-5-3-2-4-6-12/h2-10H,1H3. The van der Waals surface area contributed by atoms with Crippen LogP contribution < -0.4 is 0 Å². The summed E-state index contributed by atoms with van der Waals surface area (Å²) in [5, 5.41) is 2.45. The zero-order valence-corrected chi connectivity index (χ0v) is 11.6. The Morgan fingerprint density at radius 3 is 2.50 bits per heavy atom. The summed E-state index contributed by atoms with van der Waals surface area (Å²) in [7, 11) is 0. The summed E-state index contributed by atoms with van der Waals surface area (Å²) in [6.07, 6.45) is 1.96. The van der Waals surface area contributed by atoms with Crippen LogP contribution in [0.3, 0.4) is 0 Å². The van der Waals surface area contributed by atoms with Crippen LogP contribution in [0.4, 0.5) is 0 Å². The number of fused-ring (bicyclic) bond motifs is 1. The largest absolute Gasteiger partial charge is 0.260 e. The van der Waals surface area contributed by atoms with Crippen molar-refractivity contribution in [3.05, 3.63) is 64.9 Å². The van der Waals surface area contributed by atoms with Gasteiger partial charge in [-0.3, -0.25) is 4.98 Å². The molecule has 0 aliphatic carbocycles. The first kappa shape index (κ1) is 11.4. The van der Waals surface area contributed by atoms with E-state index in [2.05, 4.69) is 63.4 Å². The number of rotatable bonds is 1. The van der Waals surface area contributed by atoms with E-state index < -0.39 is 0 Å². The highest BCUT2D eigenvalue weighted by atomic mass is 79.9. The van der Waals surface area contributed by atoms with Crippen molar-refractivity contribution in [3.63, 3.8) is 0 Å². The lowest BCUT2D eigenvalue weighted by atomic mass is 10.00. The summed E-state index contributed by atoms with van der Waals surface area (Å²) in [4.78, 5) is 4.50. The SMILES string of the molecule is Cc1ncc(-c2ccccc2)c2ccc(Br)cc12. The zero-order valence-electron chi connectivity index (χ0n) is 10.0. The lowest BCUT2D eigenvalue weighted by Gasteiger charge is -2.09. The summed E-state index contributed by atoms with van der Waals surface area (Å²) in [6, 6.07) is 16.7. The van der Waals surface area contributed by atoms with Crippen LogP contribution >= 0.6 is 15.9 Å². The molecule has 0 aliphatic heterocycles. The van der Waals surface area contributed by atoms with Gasteiger partial charge in [-0.05, 0) is 30.0 Å².